The Kier molecular flexibility index (Phi) is 3.79. The Balaban J connectivity index is 2.13. The average Bonchev–Trinajstić information content (AvgIpc) is 2.56. The number of carbonyl (C=O) groups is 1. The topological polar surface area (TPSA) is 40.5 Å². The number of para-hydroxylation sites is 1. The van der Waals surface area contributed by atoms with Gasteiger partial charge in [0.1, 0.15) is 0 Å². The van der Waals surface area contributed by atoms with Gasteiger partial charge in [-0.3, -0.25) is 0 Å². The molecule has 0 amide bonds. The van der Waals surface area contributed by atoms with Crippen LogP contribution in [0.3, 0.4) is 0 Å². The molecule has 0 saturated heterocycles. The SMILES string of the molecule is CN(c1ccccc1)C(C(=O)O)c1cccc2ccccc12. The van der Waals surface area contributed by atoms with Crippen LogP contribution in [0.5, 0.6) is 0 Å². The molecule has 3 aromatic rings. The standard InChI is InChI=1S/C19H17NO2/c1-20(15-10-3-2-4-11-15)18(19(21)22)17-13-7-9-14-8-5-6-12-16(14)17/h2-13,18H,1H3,(H,21,22). The van der Waals surface area contributed by atoms with Gasteiger partial charge < -0.3 is 10.0 Å². The highest BCUT2D eigenvalue weighted by Gasteiger charge is 2.26. The Labute approximate surface area is 129 Å². The van der Waals surface area contributed by atoms with E-state index < -0.39 is 12.0 Å². The minimum absolute atomic E-state index is 0.728. The molecular formula is C19H17NO2. The predicted molar refractivity (Wildman–Crippen MR) is 89.2 cm³/mol. The van der Waals surface area contributed by atoms with E-state index in [0.717, 1.165) is 22.0 Å². The molecule has 3 rings (SSSR count). The molecule has 0 radical (unpaired) electrons. The summed E-state index contributed by atoms with van der Waals surface area (Å²) in [6.45, 7) is 0. The lowest BCUT2D eigenvalue weighted by Gasteiger charge is -2.28. The Morgan fingerprint density at radius 2 is 1.55 bits per heavy atom. The zero-order chi connectivity index (χ0) is 15.5. The first-order valence-electron chi connectivity index (χ1n) is 7.17. The van der Waals surface area contributed by atoms with Crippen molar-refractivity contribution >= 4 is 22.4 Å². The van der Waals surface area contributed by atoms with Crippen LogP contribution in [-0.4, -0.2) is 18.1 Å². The van der Waals surface area contributed by atoms with Gasteiger partial charge in [0.25, 0.3) is 0 Å². The van der Waals surface area contributed by atoms with Gasteiger partial charge in [-0.2, -0.15) is 0 Å². The van der Waals surface area contributed by atoms with E-state index in [0.29, 0.717) is 0 Å². The van der Waals surface area contributed by atoms with Gasteiger partial charge in [-0.25, -0.2) is 4.79 Å². The number of anilines is 1. The van der Waals surface area contributed by atoms with Crippen LogP contribution in [0, 0.1) is 0 Å². The molecule has 0 saturated carbocycles. The Bertz CT molecular complexity index is 793. The van der Waals surface area contributed by atoms with Gasteiger partial charge in [0.2, 0.25) is 0 Å². The molecule has 3 heteroatoms. The number of hydrogen-bond donors (Lipinski definition) is 1. The quantitative estimate of drug-likeness (QED) is 0.786. The molecule has 0 spiro atoms. The maximum atomic E-state index is 11.9. The van der Waals surface area contributed by atoms with Crippen molar-refractivity contribution in [3.05, 3.63) is 78.4 Å². The molecule has 3 aromatic carbocycles. The summed E-state index contributed by atoms with van der Waals surface area (Å²) in [6, 6.07) is 22.5. The number of fused-ring (bicyclic) bond motifs is 1. The number of benzene rings is 3. The first-order chi connectivity index (χ1) is 10.7. The largest absolute Gasteiger partial charge is 0.479 e. The number of aliphatic carboxylic acids is 1. The molecule has 0 bridgehead atoms. The lowest BCUT2D eigenvalue weighted by molar-refractivity contribution is -0.138. The number of nitrogens with zero attached hydrogens (tertiary/aromatic N) is 1. The summed E-state index contributed by atoms with van der Waals surface area (Å²) in [5.74, 6) is -0.859. The molecule has 1 N–H and O–H groups in total. The van der Waals surface area contributed by atoms with Gasteiger partial charge in [0.05, 0.1) is 0 Å². The van der Waals surface area contributed by atoms with Crippen LogP contribution in [0.2, 0.25) is 0 Å². The van der Waals surface area contributed by atoms with E-state index >= 15 is 0 Å². The highest BCUT2D eigenvalue weighted by Crippen LogP contribution is 2.30. The molecule has 110 valence electrons. The van der Waals surface area contributed by atoms with Crippen molar-refractivity contribution in [2.45, 2.75) is 6.04 Å². The molecule has 3 nitrogen and oxygen atoms in total. The minimum atomic E-state index is -0.859. The van der Waals surface area contributed by atoms with E-state index in [1.807, 2.05) is 79.8 Å². The normalized spacial score (nSPS) is 12.0. The van der Waals surface area contributed by atoms with Crippen LogP contribution >= 0.6 is 0 Å². The molecular weight excluding hydrogens is 274 g/mol. The smallest absolute Gasteiger partial charge is 0.331 e. The molecule has 0 aliphatic rings. The third-order valence-electron chi connectivity index (χ3n) is 3.90. The van der Waals surface area contributed by atoms with Gasteiger partial charge in [0, 0.05) is 12.7 Å². The van der Waals surface area contributed by atoms with Crippen LogP contribution in [0.25, 0.3) is 10.8 Å². The van der Waals surface area contributed by atoms with Crippen LogP contribution in [-0.2, 0) is 4.79 Å². The van der Waals surface area contributed by atoms with E-state index in [1.54, 1.807) is 4.90 Å². The number of carboxylic acids is 1. The summed E-state index contributed by atoms with van der Waals surface area (Å²) in [7, 11) is 1.82. The minimum Gasteiger partial charge on any atom is -0.479 e. The third-order valence-corrected chi connectivity index (χ3v) is 3.90. The summed E-state index contributed by atoms with van der Waals surface area (Å²) >= 11 is 0. The summed E-state index contributed by atoms with van der Waals surface area (Å²) in [5.41, 5.74) is 1.68. The first-order valence-corrected chi connectivity index (χ1v) is 7.17. The van der Waals surface area contributed by atoms with Crippen molar-refractivity contribution in [2.75, 3.05) is 11.9 Å². The summed E-state index contributed by atoms with van der Waals surface area (Å²) in [5, 5.41) is 11.8. The lowest BCUT2D eigenvalue weighted by atomic mass is 9.97. The van der Waals surface area contributed by atoms with Crippen LogP contribution in [0.4, 0.5) is 5.69 Å². The Hall–Kier alpha value is -2.81. The van der Waals surface area contributed by atoms with Crippen molar-refractivity contribution in [3.63, 3.8) is 0 Å². The number of carboxylic acid groups (broad SMARTS) is 1. The van der Waals surface area contributed by atoms with E-state index in [4.69, 9.17) is 0 Å². The van der Waals surface area contributed by atoms with Gasteiger partial charge in [-0.15, -0.1) is 0 Å². The lowest BCUT2D eigenvalue weighted by Crippen LogP contribution is -2.30. The van der Waals surface area contributed by atoms with Crippen molar-refractivity contribution in [3.8, 4) is 0 Å². The van der Waals surface area contributed by atoms with Gasteiger partial charge in [-0.05, 0) is 28.5 Å². The van der Waals surface area contributed by atoms with Crippen molar-refractivity contribution < 1.29 is 9.90 Å². The molecule has 0 aliphatic heterocycles. The second-order valence-electron chi connectivity index (χ2n) is 5.26. The van der Waals surface area contributed by atoms with E-state index in [9.17, 15) is 9.90 Å². The third kappa shape index (κ3) is 2.53. The van der Waals surface area contributed by atoms with E-state index in [1.165, 1.54) is 0 Å². The molecule has 1 unspecified atom stereocenters. The monoisotopic (exact) mass is 291 g/mol. The second kappa shape index (κ2) is 5.90. The van der Waals surface area contributed by atoms with E-state index in [-0.39, 0.29) is 0 Å². The molecule has 22 heavy (non-hydrogen) atoms. The van der Waals surface area contributed by atoms with Crippen molar-refractivity contribution in [1.82, 2.24) is 0 Å². The molecule has 0 aliphatic carbocycles. The first kappa shape index (κ1) is 14.1. The Morgan fingerprint density at radius 1 is 0.909 bits per heavy atom. The Morgan fingerprint density at radius 3 is 2.27 bits per heavy atom. The second-order valence-corrected chi connectivity index (χ2v) is 5.26. The molecule has 0 aromatic heterocycles. The molecule has 1 atom stereocenters. The van der Waals surface area contributed by atoms with Gasteiger partial charge >= 0.3 is 5.97 Å². The van der Waals surface area contributed by atoms with Crippen molar-refractivity contribution in [1.29, 1.82) is 0 Å². The highest BCUT2D eigenvalue weighted by molar-refractivity contribution is 5.92. The molecule has 0 fully saturated rings. The average molecular weight is 291 g/mol. The molecule has 0 heterocycles. The fourth-order valence-corrected chi connectivity index (χ4v) is 2.81. The number of rotatable bonds is 4. The summed E-state index contributed by atoms with van der Waals surface area (Å²) in [6.07, 6.45) is 0. The summed E-state index contributed by atoms with van der Waals surface area (Å²) in [4.78, 5) is 13.7. The zero-order valence-corrected chi connectivity index (χ0v) is 12.3. The van der Waals surface area contributed by atoms with E-state index in [2.05, 4.69) is 0 Å². The van der Waals surface area contributed by atoms with Gasteiger partial charge in [-0.1, -0.05) is 60.7 Å². The number of likely N-dealkylation sites (N-methyl/N-ethyl adjacent to an activating group) is 1. The van der Waals surface area contributed by atoms with Crippen LogP contribution in [0.1, 0.15) is 11.6 Å². The fourth-order valence-electron chi connectivity index (χ4n) is 2.81. The number of hydrogen-bond acceptors (Lipinski definition) is 2. The van der Waals surface area contributed by atoms with Gasteiger partial charge in [0.15, 0.2) is 6.04 Å². The summed E-state index contributed by atoms with van der Waals surface area (Å²) < 4.78 is 0. The maximum Gasteiger partial charge on any atom is 0.331 e. The highest BCUT2D eigenvalue weighted by atomic mass is 16.4. The zero-order valence-electron chi connectivity index (χ0n) is 12.3. The maximum absolute atomic E-state index is 11.9. The van der Waals surface area contributed by atoms with Crippen LogP contribution in [0.15, 0.2) is 72.8 Å². The predicted octanol–water partition coefficient (Wildman–Crippen LogP) is 4.10. The van der Waals surface area contributed by atoms with Crippen LogP contribution < -0.4 is 4.90 Å². The fraction of sp³-hybridized carbons (Fsp3) is 0.105. The van der Waals surface area contributed by atoms with Crippen molar-refractivity contribution in [2.24, 2.45) is 0 Å².